The van der Waals surface area contributed by atoms with Gasteiger partial charge in [0.1, 0.15) is 23.1 Å². The number of benzene rings is 12. The molecule has 5 aromatic heterocycles. The average molecular weight is 1540 g/mol. The molecule has 0 aliphatic carbocycles. The van der Waals surface area contributed by atoms with Crippen molar-refractivity contribution in [3.8, 4) is 73.6 Å². The molecule has 7 heterocycles. The molecule has 0 bridgehead atoms. The Bertz CT molecular complexity index is 6800. The first-order valence-corrected chi connectivity index (χ1v) is 42.4. The third-order valence-electron chi connectivity index (χ3n) is 25.4. The number of fused-ring (bicyclic) bond motifs is 13. The lowest BCUT2D eigenvalue weighted by atomic mass is 9.34. The molecule has 7 nitrogen and oxygen atoms in total. The van der Waals surface area contributed by atoms with Crippen LogP contribution in [0.1, 0.15) is 184 Å². The van der Waals surface area contributed by atoms with Gasteiger partial charge < -0.3 is 14.2 Å². The van der Waals surface area contributed by atoms with Gasteiger partial charge in [0.05, 0.1) is 55.9 Å². The van der Waals surface area contributed by atoms with E-state index in [9.17, 15) is 0 Å². The summed E-state index contributed by atoms with van der Waals surface area (Å²) in [6.07, 6.45) is 0. The Labute approximate surface area is 697 Å². The Morgan fingerprint density at radius 1 is 0.254 bits per heavy atom. The fourth-order valence-electron chi connectivity index (χ4n) is 18.4. The summed E-state index contributed by atoms with van der Waals surface area (Å²) in [5.41, 5.74) is 30.9. The average Bonchev–Trinajstić information content (AvgIpc) is 0.814. The van der Waals surface area contributed by atoms with Crippen LogP contribution < -0.4 is 26.0 Å². The normalized spacial score (nSPS) is 13.5. The van der Waals surface area contributed by atoms with Gasteiger partial charge in [0.2, 0.25) is 0 Å². The van der Waals surface area contributed by atoms with Gasteiger partial charge in [-0.25, -0.2) is 9.97 Å². The zero-order chi connectivity index (χ0) is 82.6. The van der Waals surface area contributed by atoms with E-state index in [1.807, 2.05) is 0 Å². The maximum absolute atomic E-state index is 7.85. The van der Waals surface area contributed by atoms with Crippen molar-refractivity contribution in [3.05, 3.63) is 306 Å². The van der Waals surface area contributed by atoms with Crippen LogP contribution in [0.4, 0.5) is 17.1 Å². The minimum Gasteiger partial charge on any atom is -0.458 e. The van der Waals surface area contributed by atoms with Crippen molar-refractivity contribution in [1.82, 2.24) is 23.7 Å². The smallest absolute Gasteiger partial charge is 0.256 e. The maximum Gasteiger partial charge on any atom is 0.256 e. The Morgan fingerprint density at radius 3 is 1.25 bits per heavy atom. The highest BCUT2D eigenvalue weighted by Crippen LogP contribution is 2.50. The number of ether oxygens (including phenoxy) is 1. The molecule has 8 heteroatoms. The van der Waals surface area contributed by atoms with Gasteiger partial charge in [-0.05, 0) is 236 Å². The highest BCUT2D eigenvalue weighted by Gasteiger charge is 2.44. The second kappa shape index (κ2) is 26.8. The SMILES string of the molecule is CC(C)(C)c1cccc(-c2cc(-c3ccc4c(c3)B3c5cc(-c6cccc(-n7c8ccc(C(C)(C)C)cc8c8cc(C(C)(C)C)ccc87)n6)ccc5N(c5ccccc5-c5ccccc5)c5cc(-n6c7cc(C(C)(C)C)ccc7c7ccc(C(C)(C)C)cc76)cc(c53)O4)nc(-n3c4ccc(C(C)(C)C)cc4c4cc(C(C)(C)C)ccc43)c2)c1. The number of rotatable bonds is 8. The van der Waals surface area contributed by atoms with Gasteiger partial charge in [0, 0.05) is 55.3 Å². The first-order chi connectivity index (χ1) is 55.9. The van der Waals surface area contributed by atoms with Crippen molar-refractivity contribution in [2.45, 2.75) is 183 Å². The Balaban J connectivity index is 0.883. The standard InChI is InChI=1S/C110H107BN6O/c1-104(2,3)71-32-27-31-67(53-71)70-56-89(113-102(57-70)117-93-50-43-74(107(10,11)12)60-84(93)85-61-75(108(13,14)15)44-51-94(85)117)69-38-52-99-87(55-69)111-86-54-68(88-34-28-36-101(112-88)116-91-48-41-72(105(4,5)6)58-82(91)83-59-73(106(7,8)9)42-49-92(83)116)37-47-95(86)115(90-35-26-25-33-79(90)66-29-23-22-24-30-66)98-64-78(65-100(118-99)103(98)111)114-96-62-76(109(16,17)18)39-45-80(96)81-46-40-77(63-97(81)114)110(19,20)21/h22-65H,1-21H3. The van der Waals surface area contributed by atoms with Crippen molar-refractivity contribution in [3.63, 3.8) is 0 Å². The van der Waals surface area contributed by atoms with E-state index in [2.05, 4.69) is 431 Å². The van der Waals surface area contributed by atoms with Crippen molar-refractivity contribution < 1.29 is 4.74 Å². The minimum atomic E-state index is -0.358. The summed E-state index contributed by atoms with van der Waals surface area (Å²) in [5, 5.41) is 7.31. The molecule has 17 aromatic rings. The summed E-state index contributed by atoms with van der Waals surface area (Å²) >= 11 is 0. The van der Waals surface area contributed by atoms with E-state index in [4.69, 9.17) is 14.7 Å². The van der Waals surface area contributed by atoms with E-state index in [1.165, 1.54) is 71.3 Å². The van der Waals surface area contributed by atoms with Gasteiger partial charge in [-0.3, -0.25) is 9.13 Å². The van der Waals surface area contributed by atoms with E-state index in [0.717, 1.165) is 140 Å². The Kier molecular flexibility index (Phi) is 17.2. The van der Waals surface area contributed by atoms with Crippen LogP contribution in [-0.2, 0) is 37.9 Å². The number of para-hydroxylation sites is 1. The van der Waals surface area contributed by atoms with Crippen molar-refractivity contribution in [1.29, 1.82) is 0 Å². The monoisotopic (exact) mass is 1540 g/mol. The van der Waals surface area contributed by atoms with E-state index in [1.54, 1.807) is 0 Å². The number of anilines is 3. The van der Waals surface area contributed by atoms with E-state index in [0.29, 0.717) is 0 Å². The van der Waals surface area contributed by atoms with Crippen LogP contribution in [0.5, 0.6) is 11.5 Å². The van der Waals surface area contributed by atoms with Gasteiger partial charge in [-0.1, -0.05) is 291 Å². The second-order valence-electron chi connectivity index (χ2n) is 40.9. The first-order valence-electron chi connectivity index (χ1n) is 42.4. The minimum absolute atomic E-state index is 0.0447. The largest absolute Gasteiger partial charge is 0.458 e. The van der Waals surface area contributed by atoms with Crippen molar-refractivity contribution >= 4 is 106 Å². The molecule has 2 aliphatic rings. The van der Waals surface area contributed by atoms with Crippen molar-refractivity contribution in [2.24, 2.45) is 0 Å². The third-order valence-corrected chi connectivity index (χ3v) is 25.4. The number of hydrogen-bond donors (Lipinski definition) is 0. The Morgan fingerprint density at radius 2 is 0.703 bits per heavy atom. The molecule has 0 spiro atoms. The molecule has 0 saturated carbocycles. The second-order valence-corrected chi connectivity index (χ2v) is 40.9. The molecule has 19 rings (SSSR count). The maximum atomic E-state index is 7.85. The lowest BCUT2D eigenvalue weighted by Gasteiger charge is -2.41. The molecule has 12 aromatic carbocycles. The quantitative estimate of drug-likeness (QED) is 0.142. The molecular weight excluding hydrogens is 1430 g/mol. The van der Waals surface area contributed by atoms with Crippen LogP contribution in [0, 0.1) is 0 Å². The van der Waals surface area contributed by atoms with Gasteiger partial charge in [0.15, 0.2) is 0 Å². The predicted molar refractivity (Wildman–Crippen MR) is 504 cm³/mol. The molecule has 0 amide bonds. The molecule has 2 aliphatic heterocycles. The van der Waals surface area contributed by atoms with Gasteiger partial charge in [-0.15, -0.1) is 0 Å². The number of aromatic nitrogens is 5. The highest BCUT2D eigenvalue weighted by atomic mass is 16.5. The molecule has 586 valence electrons. The van der Waals surface area contributed by atoms with Crippen molar-refractivity contribution in [2.75, 3.05) is 4.90 Å². The lowest BCUT2D eigenvalue weighted by molar-refractivity contribution is 0.487. The summed E-state index contributed by atoms with van der Waals surface area (Å²) in [6.45, 7) is 48.2. The van der Waals surface area contributed by atoms with Crippen LogP contribution in [0.3, 0.4) is 0 Å². The van der Waals surface area contributed by atoms with E-state index < -0.39 is 0 Å². The van der Waals surface area contributed by atoms with Crippen LogP contribution in [-0.4, -0.2) is 30.4 Å². The fourth-order valence-corrected chi connectivity index (χ4v) is 18.4. The highest BCUT2D eigenvalue weighted by molar-refractivity contribution is 6.99. The zero-order valence-electron chi connectivity index (χ0n) is 72.6. The predicted octanol–water partition coefficient (Wildman–Crippen LogP) is 27.9. The van der Waals surface area contributed by atoms with Gasteiger partial charge in [0.25, 0.3) is 6.71 Å². The fraction of sp³-hybridized carbons (Fsp3) is 0.255. The van der Waals surface area contributed by atoms with Crippen LogP contribution >= 0.6 is 0 Å². The number of nitrogens with zero attached hydrogens (tertiary/aromatic N) is 6. The Hall–Kier alpha value is -12.0. The van der Waals surface area contributed by atoms with E-state index >= 15 is 0 Å². The summed E-state index contributed by atoms with van der Waals surface area (Å²) in [4.78, 5) is 14.4. The molecule has 0 saturated heterocycles. The molecule has 0 unspecified atom stereocenters. The zero-order valence-corrected chi connectivity index (χ0v) is 72.6. The first kappa shape index (κ1) is 76.0. The lowest BCUT2D eigenvalue weighted by Crippen LogP contribution is -2.59. The number of hydrogen-bond acceptors (Lipinski definition) is 4. The van der Waals surface area contributed by atoms with Crippen LogP contribution in [0.2, 0.25) is 0 Å². The number of pyridine rings is 2. The van der Waals surface area contributed by atoms with Gasteiger partial charge >= 0.3 is 0 Å². The van der Waals surface area contributed by atoms with Crippen LogP contribution in [0.25, 0.3) is 128 Å². The summed E-state index contributed by atoms with van der Waals surface area (Å²) in [7, 11) is 0. The molecule has 118 heavy (non-hydrogen) atoms. The molecular formula is C110H107BN6O. The molecule has 0 atom stereocenters. The van der Waals surface area contributed by atoms with Gasteiger partial charge in [-0.2, -0.15) is 0 Å². The molecule has 0 N–H and O–H groups in total. The molecule has 0 radical (unpaired) electrons. The topological polar surface area (TPSA) is 53.0 Å². The third kappa shape index (κ3) is 12.9. The molecule has 0 fully saturated rings. The van der Waals surface area contributed by atoms with E-state index in [-0.39, 0.29) is 44.6 Å². The summed E-state index contributed by atoms with van der Waals surface area (Å²) in [5.74, 6) is 3.31. The summed E-state index contributed by atoms with van der Waals surface area (Å²) in [6, 6.07) is 102. The summed E-state index contributed by atoms with van der Waals surface area (Å²) < 4.78 is 15.2. The van der Waals surface area contributed by atoms with Crippen LogP contribution in [0.15, 0.2) is 267 Å².